The van der Waals surface area contributed by atoms with Crippen molar-refractivity contribution in [3.05, 3.63) is 36.5 Å². The summed E-state index contributed by atoms with van der Waals surface area (Å²) in [7, 11) is 0. The van der Waals surface area contributed by atoms with Gasteiger partial charge in [0.2, 0.25) is 0 Å². The first-order valence-electron chi connectivity index (χ1n) is 5.69. The van der Waals surface area contributed by atoms with Crippen LogP contribution in [0, 0.1) is 0 Å². The fraction of sp³-hybridized carbons (Fsp3) is 0.500. The number of carbonyl (C=O) groups excluding carboxylic acids is 1. The van der Waals surface area contributed by atoms with E-state index in [1.807, 2.05) is 6.08 Å². The summed E-state index contributed by atoms with van der Waals surface area (Å²) in [6.07, 6.45) is 8.03. The van der Waals surface area contributed by atoms with Crippen molar-refractivity contribution in [1.29, 1.82) is 0 Å². The van der Waals surface area contributed by atoms with Crippen molar-refractivity contribution in [3.8, 4) is 0 Å². The fourth-order valence-corrected chi connectivity index (χ4v) is 1.70. The van der Waals surface area contributed by atoms with Gasteiger partial charge < -0.3 is 0 Å². The molecule has 0 amide bonds. The summed E-state index contributed by atoms with van der Waals surface area (Å²) >= 11 is 0. The number of hydrogen-bond acceptors (Lipinski definition) is 1. The Kier molecular flexibility index (Phi) is 7.61. The van der Waals surface area contributed by atoms with E-state index >= 15 is 0 Å². The molecule has 0 saturated carbocycles. The van der Waals surface area contributed by atoms with Gasteiger partial charge in [-0.2, -0.15) is 0 Å². The van der Waals surface area contributed by atoms with Crippen molar-refractivity contribution >= 4 is 5.78 Å². The highest BCUT2D eigenvalue weighted by Gasteiger charge is 2.10. The number of hydrogen-bond donors (Lipinski definition) is 0. The van der Waals surface area contributed by atoms with E-state index in [0.717, 1.165) is 37.7 Å². The maximum Gasteiger partial charge on any atom is 0.181 e. The quantitative estimate of drug-likeness (QED) is 0.429. The van der Waals surface area contributed by atoms with Crippen LogP contribution in [-0.4, -0.2) is 5.78 Å². The maximum absolute atomic E-state index is 11.7. The van der Waals surface area contributed by atoms with E-state index in [4.69, 9.17) is 0 Å². The second-order valence-electron chi connectivity index (χ2n) is 3.64. The summed E-state index contributed by atoms with van der Waals surface area (Å²) in [5.41, 5.74) is 2.19. The normalized spacial score (nSPS) is 11.9. The van der Waals surface area contributed by atoms with E-state index < -0.39 is 0 Å². The Morgan fingerprint density at radius 3 is 2.13 bits per heavy atom. The molecule has 0 unspecified atom stereocenters. The molecular formula is C14H22O. The van der Waals surface area contributed by atoms with Crippen molar-refractivity contribution < 1.29 is 4.79 Å². The van der Waals surface area contributed by atoms with E-state index in [9.17, 15) is 4.79 Å². The van der Waals surface area contributed by atoms with Gasteiger partial charge in [-0.25, -0.2) is 0 Å². The van der Waals surface area contributed by atoms with Crippen LogP contribution in [0.4, 0.5) is 0 Å². The molecule has 0 aromatic rings. The lowest BCUT2D eigenvalue weighted by Crippen LogP contribution is -2.03. The average Bonchev–Trinajstić information content (AvgIpc) is 2.25. The van der Waals surface area contributed by atoms with Crippen LogP contribution in [0.1, 0.15) is 46.0 Å². The molecule has 0 aromatic carbocycles. The standard InChI is InChI=1S/C14H22O/c1-5-9-12(10-6-2)13(11-7-3)14(15)8-4/h5,8H,1,4,6-7,9-11H2,2-3H3/b13-12+. The predicted molar refractivity (Wildman–Crippen MR) is 66.9 cm³/mol. The van der Waals surface area contributed by atoms with Crippen LogP contribution in [0.3, 0.4) is 0 Å². The smallest absolute Gasteiger partial charge is 0.181 e. The van der Waals surface area contributed by atoms with Gasteiger partial charge in [0.15, 0.2) is 5.78 Å². The van der Waals surface area contributed by atoms with Crippen LogP contribution in [0.25, 0.3) is 0 Å². The fourth-order valence-electron chi connectivity index (χ4n) is 1.70. The van der Waals surface area contributed by atoms with Crippen molar-refractivity contribution in [1.82, 2.24) is 0 Å². The van der Waals surface area contributed by atoms with E-state index in [2.05, 4.69) is 27.0 Å². The van der Waals surface area contributed by atoms with Crippen LogP contribution in [0.5, 0.6) is 0 Å². The minimum Gasteiger partial charge on any atom is -0.290 e. The molecule has 0 aliphatic heterocycles. The topological polar surface area (TPSA) is 17.1 Å². The first-order chi connectivity index (χ1) is 7.21. The molecule has 0 fully saturated rings. The minimum atomic E-state index is 0.0853. The molecule has 0 heterocycles. The zero-order chi connectivity index (χ0) is 11.7. The van der Waals surface area contributed by atoms with Gasteiger partial charge in [0.05, 0.1) is 0 Å². The zero-order valence-electron chi connectivity index (χ0n) is 10.0. The van der Waals surface area contributed by atoms with Crippen molar-refractivity contribution in [2.24, 2.45) is 0 Å². The van der Waals surface area contributed by atoms with Gasteiger partial charge in [-0.3, -0.25) is 4.79 Å². The van der Waals surface area contributed by atoms with Gasteiger partial charge >= 0.3 is 0 Å². The third-order valence-electron chi connectivity index (χ3n) is 2.35. The zero-order valence-corrected chi connectivity index (χ0v) is 10.0. The first-order valence-corrected chi connectivity index (χ1v) is 5.69. The van der Waals surface area contributed by atoms with Gasteiger partial charge in [0.25, 0.3) is 0 Å². The Morgan fingerprint density at radius 1 is 1.13 bits per heavy atom. The Balaban J connectivity index is 5.01. The SMILES string of the molecule is C=CC/C(CCC)=C(/CCC)C(=O)C=C. The van der Waals surface area contributed by atoms with E-state index in [1.165, 1.54) is 11.6 Å². The first kappa shape index (κ1) is 13.9. The van der Waals surface area contributed by atoms with E-state index in [-0.39, 0.29) is 5.78 Å². The number of allylic oxidation sites excluding steroid dienone is 4. The molecule has 0 aliphatic carbocycles. The Labute approximate surface area is 93.6 Å². The van der Waals surface area contributed by atoms with Crippen LogP contribution >= 0.6 is 0 Å². The minimum absolute atomic E-state index is 0.0853. The highest BCUT2D eigenvalue weighted by atomic mass is 16.1. The highest BCUT2D eigenvalue weighted by molar-refractivity contribution is 6.04. The van der Waals surface area contributed by atoms with Crippen molar-refractivity contribution in [2.45, 2.75) is 46.0 Å². The molecule has 0 atom stereocenters. The van der Waals surface area contributed by atoms with Crippen LogP contribution < -0.4 is 0 Å². The molecule has 0 N–H and O–H groups in total. The maximum atomic E-state index is 11.7. The Hall–Kier alpha value is -1.11. The lowest BCUT2D eigenvalue weighted by atomic mass is 9.94. The van der Waals surface area contributed by atoms with Crippen LogP contribution in [0.2, 0.25) is 0 Å². The number of carbonyl (C=O) groups is 1. The van der Waals surface area contributed by atoms with Crippen molar-refractivity contribution in [2.75, 3.05) is 0 Å². The summed E-state index contributed by atoms with van der Waals surface area (Å²) in [5.74, 6) is 0.0853. The predicted octanol–water partition coefficient (Wildman–Crippen LogP) is 4.21. The number of ketones is 1. The molecule has 15 heavy (non-hydrogen) atoms. The highest BCUT2D eigenvalue weighted by Crippen LogP contribution is 2.21. The summed E-state index contributed by atoms with van der Waals surface area (Å²) < 4.78 is 0. The third kappa shape index (κ3) is 4.78. The molecule has 1 nitrogen and oxygen atoms in total. The van der Waals surface area contributed by atoms with Gasteiger partial charge in [0.1, 0.15) is 0 Å². The summed E-state index contributed by atoms with van der Waals surface area (Å²) in [6, 6.07) is 0. The van der Waals surface area contributed by atoms with Crippen LogP contribution in [-0.2, 0) is 4.79 Å². The molecule has 84 valence electrons. The Bertz CT molecular complexity index is 259. The van der Waals surface area contributed by atoms with Gasteiger partial charge in [0, 0.05) is 0 Å². The molecule has 0 bridgehead atoms. The monoisotopic (exact) mass is 206 g/mol. The molecular weight excluding hydrogens is 184 g/mol. The molecule has 0 aliphatic rings. The molecule has 0 saturated heterocycles. The Morgan fingerprint density at radius 2 is 1.73 bits per heavy atom. The largest absolute Gasteiger partial charge is 0.290 e. The summed E-state index contributed by atoms with van der Waals surface area (Å²) in [4.78, 5) is 11.7. The molecule has 1 heteroatoms. The van der Waals surface area contributed by atoms with E-state index in [0.29, 0.717) is 0 Å². The summed E-state index contributed by atoms with van der Waals surface area (Å²) in [6.45, 7) is 11.5. The second-order valence-corrected chi connectivity index (χ2v) is 3.64. The van der Waals surface area contributed by atoms with Crippen molar-refractivity contribution in [3.63, 3.8) is 0 Å². The number of rotatable bonds is 8. The lowest BCUT2D eigenvalue weighted by Gasteiger charge is -2.10. The third-order valence-corrected chi connectivity index (χ3v) is 2.35. The van der Waals surface area contributed by atoms with Gasteiger partial charge in [-0.1, -0.05) is 44.9 Å². The van der Waals surface area contributed by atoms with Crippen LogP contribution in [0.15, 0.2) is 36.5 Å². The average molecular weight is 206 g/mol. The summed E-state index contributed by atoms with van der Waals surface area (Å²) in [5, 5.41) is 0. The molecule has 0 aromatic heterocycles. The molecule has 0 rings (SSSR count). The lowest BCUT2D eigenvalue weighted by molar-refractivity contribution is -0.111. The molecule has 0 spiro atoms. The van der Waals surface area contributed by atoms with Gasteiger partial charge in [-0.05, 0) is 30.9 Å². The molecule has 0 radical (unpaired) electrons. The van der Waals surface area contributed by atoms with E-state index in [1.54, 1.807) is 0 Å². The second kappa shape index (κ2) is 8.22. The van der Waals surface area contributed by atoms with Gasteiger partial charge in [-0.15, -0.1) is 6.58 Å².